The van der Waals surface area contributed by atoms with Crippen molar-refractivity contribution in [3.8, 4) is 5.75 Å². The zero-order valence-electron chi connectivity index (χ0n) is 13.3. The van der Waals surface area contributed by atoms with Crippen molar-refractivity contribution in [2.24, 2.45) is 0 Å². The minimum absolute atomic E-state index is 0.180. The van der Waals surface area contributed by atoms with Crippen molar-refractivity contribution in [2.75, 3.05) is 27.2 Å². The molecule has 0 saturated heterocycles. The zero-order chi connectivity index (χ0) is 16.7. The van der Waals surface area contributed by atoms with Crippen molar-refractivity contribution in [1.82, 2.24) is 10.2 Å². The Hall–Kier alpha value is -2.34. The lowest BCUT2D eigenvalue weighted by molar-refractivity contribution is 0.0920. The summed E-state index contributed by atoms with van der Waals surface area (Å²) in [6.45, 7) is 1.69. The second-order valence-electron chi connectivity index (χ2n) is 5.42. The van der Waals surface area contributed by atoms with E-state index in [-0.39, 0.29) is 24.1 Å². The van der Waals surface area contributed by atoms with Gasteiger partial charge in [-0.2, -0.15) is 0 Å². The maximum absolute atomic E-state index is 12.8. The number of nitrogens with one attached hydrogen (secondary N) is 1. The van der Waals surface area contributed by atoms with Crippen LogP contribution in [0.3, 0.4) is 0 Å². The minimum atomic E-state index is -0.316. The fourth-order valence-corrected chi connectivity index (χ4v) is 1.95. The topological polar surface area (TPSA) is 54.7 Å². The number of ether oxygens (including phenoxy) is 1. The molecule has 0 atom stereocenters. The monoisotopic (exact) mass is 320 g/mol. The summed E-state index contributed by atoms with van der Waals surface area (Å²) >= 11 is 0. The Bertz CT molecular complexity index is 623. The molecule has 2 rings (SSSR count). The highest BCUT2D eigenvalue weighted by Gasteiger charge is 2.11. The Morgan fingerprint density at radius 3 is 2.65 bits per heavy atom. The molecule has 2 aromatic rings. The Balaban J connectivity index is 1.78. The van der Waals surface area contributed by atoms with Gasteiger partial charge in [-0.3, -0.25) is 4.79 Å². The summed E-state index contributed by atoms with van der Waals surface area (Å²) in [6.07, 6.45) is 0.875. The Morgan fingerprint density at radius 1 is 1.22 bits per heavy atom. The lowest BCUT2D eigenvalue weighted by Crippen LogP contribution is -2.26. The maximum Gasteiger partial charge on any atom is 0.286 e. The molecule has 0 fully saturated rings. The molecule has 23 heavy (non-hydrogen) atoms. The minimum Gasteiger partial charge on any atom is -0.486 e. The number of furan rings is 1. The van der Waals surface area contributed by atoms with E-state index in [1.54, 1.807) is 12.1 Å². The fourth-order valence-electron chi connectivity index (χ4n) is 1.95. The van der Waals surface area contributed by atoms with Crippen molar-refractivity contribution in [3.63, 3.8) is 0 Å². The molecule has 0 aliphatic rings. The van der Waals surface area contributed by atoms with Gasteiger partial charge in [-0.05, 0) is 63.5 Å². The number of carbonyl (C=O) groups excluding carboxylic acids is 1. The van der Waals surface area contributed by atoms with Gasteiger partial charge in [0.05, 0.1) is 0 Å². The molecule has 0 unspecified atom stereocenters. The molecule has 0 bridgehead atoms. The van der Waals surface area contributed by atoms with Crippen molar-refractivity contribution >= 4 is 5.91 Å². The van der Waals surface area contributed by atoms with Crippen molar-refractivity contribution in [1.29, 1.82) is 0 Å². The average Bonchev–Trinajstić information content (AvgIpc) is 3.00. The molecule has 1 N–H and O–H groups in total. The normalized spacial score (nSPS) is 10.8. The van der Waals surface area contributed by atoms with Gasteiger partial charge in [-0.1, -0.05) is 0 Å². The molecule has 5 nitrogen and oxygen atoms in total. The van der Waals surface area contributed by atoms with Crippen LogP contribution < -0.4 is 10.1 Å². The first kappa shape index (κ1) is 17.0. The summed E-state index contributed by atoms with van der Waals surface area (Å²) in [5, 5.41) is 2.81. The number of halogens is 1. The van der Waals surface area contributed by atoms with E-state index in [0.717, 1.165) is 13.0 Å². The Morgan fingerprint density at radius 2 is 1.96 bits per heavy atom. The van der Waals surface area contributed by atoms with Crippen LogP contribution in [0, 0.1) is 5.82 Å². The van der Waals surface area contributed by atoms with Crippen LogP contribution in [-0.2, 0) is 6.61 Å². The number of benzene rings is 1. The molecular weight excluding hydrogens is 299 g/mol. The first-order valence-electron chi connectivity index (χ1n) is 7.44. The van der Waals surface area contributed by atoms with Gasteiger partial charge in [0, 0.05) is 6.54 Å². The highest BCUT2D eigenvalue weighted by Crippen LogP contribution is 2.15. The van der Waals surface area contributed by atoms with Crippen LogP contribution >= 0.6 is 0 Å². The van der Waals surface area contributed by atoms with Crippen LogP contribution in [0.15, 0.2) is 40.8 Å². The summed E-state index contributed by atoms with van der Waals surface area (Å²) < 4.78 is 23.7. The lowest BCUT2D eigenvalue weighted by atomic mass is 10.3. The molecule has 0 spiro atoms. The molecular formula is C17H21FN2O3. The van der Waals surface area contributed by atoms with E-state index in [9.17, 15) is 9.18 Å². The van der Waals surface area contributed by atoms with Crippen LogP contribution in [0.25, 0.3) is 0 Å². The van der Waals surface area contributed by atoms with Gasteiger partial charge < -0.3 is 19.4 Å². The van der Waals surface area contributed by atoms with E-state index >= 15 is 0 Å². The second kappa shape index (κ2) is 8.33. The summed E-state index contributed by atoms with van der Waals surface area (Å²) in [6, 6.07) is 9.03. The largest absolute Gasteiger partial charge is 0.486 e. The standard InChI is InChI=1S/C17H21FN2O3/c1-20(2)11-3-10-19-17(21)16-9-8-15(23-16)12-22-14-6-4-13(18)5-7-14/h4-9H,3,10-12H2,1-2H3,(H,19,21). The number of nitrogens with zero attached hydrogens (tertiary/aromatic N) is 1. The van der Waals surface area contributed by atoms with Crippen LogP contribution in [0.4, 0.5) is 4.39 Å². The van der Waals surface area contributed by atoms with Crippen LogP contribution in [-0.4, -0.2) is 38.0 Å². The van der Waals surface area contributed by atoms with E-state index in [1.165, 1.54) is 24.3 Å². The molecule has 0 aliphatic carbocycles. The van der Waals surface area contributed by atoms with Gasteiger partial charge in [0.15, 0.2) is 5.76 Å². The fraction of sp³-hybridized carbons (Fsp3) is 0.353. The van der Waals surface area contributed by atoms with Crippen molar-refractivity contribution < 1.29 is 18.3 Å². The first-order chi connectivity index (χ1) is 11.0. The van der Waals surface area contributed by atoms with Gasteiger partial charge in [-0.25, -0.2) is 4.39 Å². The van der Waals surface area contributed by atoms with Crippen LogP contribution in [0.2, 0.25) is 0 Å². The average molecular weight is 320 g/mol. The highest BCUT2D eigenvalue weighted by atomic mass is 19.1. The predicted molar refractivity (Wildman–Crippen MR) is 84.9 cm³/mol. The van der Waals surface area contributed by atoms with E-state index < -0.39 is 0 Å². The van der Waals surface area contributed by atoms with Crippen LogP contribution in [0.1, 0.15) is 22.7 Å². The van der Waals surface area contributed by atoms with Crippen molar-refractivity contribution in [2.45, 2.75) is 13.0 Å². The van der Waals surface area contributed by atoms with Gasteiger partial charge in [0.1, 0.15) is 23.9 Å². The summed E-state index contributed by atoms with van der Waals surface area (Å²) in [7, 11) is 3.98. The lowest BCUT2D eigenvalue weighted by Gasteiger charge is -2.09. The summed E-state index contributed by atoms with van der Waals surface area (Å²) in [5.74, 6) is 0.776. The number of rotatable bonds is 8. The van der Waals surface area contributed by atoms with E-state index in [1.807, 2.05) is 14.1 Å². The molecule has 6 heteroatoms. The van der Waals surface area contributed by atoms with E-state index in [4.69, 9.17) is 9.15 Å². The van der Waals surface area contributed by atoms with Crippen LogP contribution in [0.5, 0.6) is 5.75 Å². The summed E-state index contributed by atoms with van der Waals surface area (Å²) in [4.78, 5) is 14.0. The third kappa shape index (κ3) is 5.75. The van der Waals surface area contributed by atoms with Gasteiger partial charge >= 0.3 is 0 Å². The van der Waals surface area contributed by atoms with Gasteiger partial charge in [0.25, 0.3) is 5.91 Å². The number of carbonyl (C=O) groups is 1. The molecule has 1 aromatic heterocycles. The second-order valence-corrected chi connectivity index (χ2v) is 5.42. The molecule has 1 aromatic carbocycles. The Labute approximate surface area is 135 Å². The van der Waals surface area contributed by atoms with Crippen molar-refractivity contribution in [3.05, 3.63) is 53.7 Å². The number of hydrogen-bond acceptors (Lipinski definition) is 4. The van der Waals surface area contributed by atoms with E-state index in [0.29, 0.717) is 18.1 Å². The smallest absolute Gasteiger partial charge is 0.286 e. The number of hydrogen-bond donors (Lipinski definition) is 1. The molecule has 0 saturated carbocycles. The third-order valence-electron chi connectivity index (χ3n) is 3.15. The summed E-state index contributed by atoms with van der Waals surface area (Å²) in [5.41, 5.74) is 0. The molecule has 1 amide bonds. The maximum atomic E-state index is 12.8. The molecule has 1 heterocycles. The molecule has 124 valence electrons. The van der Waals surface area contributed by atoms with Gasteiger partial charge in [0.2, 0.25) is 0 Å². The Kier molecular flexibility index (Phi) is 6.17. The molecule has 0 aliphatic heterocycles. The highest BCUT2D eigenvalue weighted by molar-refractivity contribution is 5.91. The van der Waals surface area contributed by atoms with E-state index in [2.05, 4.69) is 10.2 Å². The molecule has 0 radical (unpaired) electrons. The quantitative estimate of drug-likeness (QED) is 0.760. The first-order valence-corrected chi connectivity index (χ1v) is 7.44. The zero-order valence-corrected chi connectivity index (χ0v) is 13.3. The van der Waals surface area contributed by atoms with Gasteiger partial charge in [-0.15, -0.1) is 0 Å². The SMILES string of the molecule is CN(C)CCCNC(=O)c1ccc(COc2ccc(F)cc2)o1. The predicted octanol–water partition coefficient (Wildman–Crippen LogP) is 2.68. The third-order valence-corrected chi connectivity index (χ3v) is 3.15. The number of amides is 1.